The lowest BCUT2D eigenvalue weighted by atomic mass is 10.1. The number of piperidine rings is 1. The topological polar surface area (TPSA) is 61.8 Å². The number of likely N-dealkylation sites (tertiary alicyclic amines) is 1. The molecule has 1 aliphatic heterocycles. The van der Waals surface area contributed by atoms with Crippen LogP contribution >= 0.6 is 0 Å². The van der Waals surface area contributed by atoms with Crippen molar-refractivity contribution >= 4 is 11.6 Å². The molecule has 5 nitrogen and oxygen atoms in total. The second-order valence-corrected chi connectivity index (χ2v) is 6.39. The van der Waals surface area contributed by atoms with Gasteiger partial charge in [0.05, 0.1) is 13.2 Å². The normalized spacial score (nSPS) is 15.8. The lowest BCUT2D eigenvalue weighted by Gasteiger charge is -2.29. The number of methoxy groups -OCH3 is 1. The minimum absolute atomic E-state index is 0.127. The van der Waals surface area contributed by atoms with Crippen LogP contribution in [0.2, 0.25) is 0 Å². The molecule has 1 heterocycles. The molecule has 25 heavy (non-hydrogen) atoms. The first-order valence-corrected chi connectivity index (χ1v) is 8.59. The predicted molar refractivity (Wildman–Crippen MR) is 97.9 cm³/mol. The van der Waals surface area contributed by atoms with Crippen LogP contribution < -0.4 is 10.1 Å². The van der Waals surface area contributed by atoms with Crippen LogP contribution in [-0.2, 0) is 6.54 Å². The first-order chi connectivity index (χ1) is 12.1. The molecule has 2 N–H and O–H groups in total. The summed E-state index contributed by atoms with van der Waals surface area (Å²) in [6, 6.07) is 15.0. The highest BCUT2D eigenvalue weighted by Crippen LogP contribution is 2.17. The molecule has 0 aliphatic carbocycles. The van der Waals surface area contributed by atoms with E-state index in [4.69, 9.17) is 4.74 Å². The summed E-state index contributed by atoms with van der Waals surface area (Å²) in [7, 11) is 1.61. The third kappa shape index (κ3) is 4.81. The first kappa shape index (κ1) is 17.5. The van der Waals surface area contributed by atoms with Crippen LogP contribution in [0.5, 0.6) is 5.75 Å². The second-order valence-electron chi connectivity index (χ2n) is 6.39. The highest BCUT2D eigenvalue weighted by molar-refractivity contribution is 6.04. The molecule has 1 aliphatic rings. The molecule has 0 unspecified atom stereocenters. The average Bonchev–Trinajstić information content (AvgIpc) is 2.65. The van der Waals surface area contributed by atoms with Crippen molar-refractivity contribution in [2.75, 3.05) is 25.5 Å². The van der Waals surface area contributed by atoms with Crippen molar-refractivity contribution in [1.82, 2.24) is 4.90 Å². The van der Waals surface area contributed by atoms with E-state index in [1.54, 1.807) is 7.11 Å². The molecular formula is C20H24N2O3. The van der Waals surface area contributed by atoms with Gasteiger partial charge in [0.25, 0.3) is 5.91 Å². The molecule has 132 valence electrons. The molecule has 1 fully saturated rings. The number of aliphatic hydroxyl groups is 1. The Morgan fingerprint density at radius 1 is 1.12 bits per heavy atom. The lowest BCUT2D eigenvalue weighted by Crippen LogP contribution is -2.35. The number of carbonyl (C=O) groups is 1. The van der Waals surface area contributed by atoms with Gasteiger partial charge < -0.3 is 15.2 Å². The summed E-state index contributed by atoms with van der Waals surface area (Å²) in [5.74, 6) is 0.630. The van der Waals surface area contributed by atoms with Gasteiger partial charge in [-0.15, -0.1) is 0 Å². The maximum Gasteiger partial charge on any atom is 0.255 e. The fraction of sp³-hybridized carbons (Fsp3) is 0.350. The van der Waals surface area contributed by atoms with Crippen molar-refractivity contribution in [3.63, 3.8) is 0 Å². The van der Waals surface area contributed by atoms with E-state index in [9.17, 15) is 9.90 Å². The quantitative estimate of drug-likeness (QED) is 0.879. The Kier molecular flexibility index (Phi) is 5.68. The van der Waals surface area contributed by atoms with Gasteiger partial charge in [0.2, 0.25) is 0 Å². The van der Waals surface area contributed by atoms with Gasteiger partial charge in [-0.3, -0.25) is 9.69 Å². The standard InChI is InChI=1S/C20H24N2O3/c1-25-19-8-6-17(7-9-19)21-20(24)16-4-2-15(3-5-16)14-22-12-10-18(23)11-13-22/h2-9,18,23H,10-14H2,1H3,(H,21,24). The number of anilines is 1. The smallest absolute Gasteiger partial charge is 0.255 e. The maximum absolute atomic E-state index is 12.3. The van der Waals surface area contributed by atoms with Gasteiger partial charge in [0.1, 0.15) is 5.75 Å². The van der Waals surface area contributed by atoms with Gasteiger partial charge in [-0.2, -0.15) is 0 Å². The Morgan fingerprint density at radius 2 is 1.76 bits per heavy atom. The van der Waals surface area contributed by atoms with Crippen LogP contribution in [0, 0.1) is 0 Å². The molecule has 0 spiro atoms. The van der Waals surface area contributed by atoms with E-state index in [1.807, 2.05) is 48.5 Å². The lowest BCUT2D eigenvalue weighted by molar-refractivity contribution is 0.0792. The largest absolute Gasteiger partial charge is 0.497 e. The average molecular weight is 340 g/mol. The van der Waals surface area contributed by atoms with Crippen LogP contribution in [0.3, 0.4) is 0 Å². The van der Waals surface area contributed by atoms with E-state index < -0.39 is 0 Å². The number of hydrogen-bond acceptors (Lipinski definition) is 4. The molecule has 0 aromatic heterocycles. The van der Waals surface area contributed by atoms with Gasteiger partial charge >= 0.3 is 0 Å². The highest BCUT2D eigenvalue weighted by Gasteiger charge is 2.17. The molecule has 0 atom stereocenters. The van der Waals surface area contributed by atoms with Gasteiger partial charge in [-0.05, 0) is 54.8 Å². The molecule has 0 saturated carbocycles. The summed E-state index contributed by atoms with van der Waals surface area (Å²) in [6.45, 7) is 2.69. The number of nitrogens with one attached hydrogen (secondary N) is 1. The molecule has 0 bridgehead atoms. The van der Waals surface area contributed by atoms with E-state index in [0.717, 1.165) is 43.9 Å². The zero-order chi connectivity index (χ0) is 17.6. The van der Waals surface area contributed by atoms with Crippen molar-refractivity contribution in [2.24, 2.45) is 0 Å². The second kappa shape index (κ2) is 8.14. The van der Waals surface area contributed by atoms with Gasteiger partial charge in [-0.25, -0.2) is 0 Å². The zero-order valence-electron chi connectivity index (χ0n) is 14.4. The van der Waals surface area contributed by atoms with E-state index >= 15 is 0 Å². The maximum atomic E-state index is 12.3. The number of benzene rings is 2. The summed E-state index contributed by atoms with van der Waals surface area (Å²) >= 11 is 0. The van der Waals surface area contributed by atoms with Crippen LogP contribution in [0.1, 0.15) is 28.8 Å². The number of amides is 1. The van der Waals surface area contributed by atoms with Gasteiger partial charge in [-0.1, -0.05) is 12.1 Å². The zero-order valence-corrected chi connectivity index (χ0v) is 14.4. The Bertz CT molecular complexity index is 690. The molecule has 5 heteroatoms. The molecular weight excluding hydrogens is 316 g/mol. The van der Waals surface area contributed by atoms with Crippen LogP contribution in [0.4, 0.5) is 5.69 Å². The molecule has 0 radical (unpaired) electrons. The van der Waals surface area contributed by atoms with Crippen LogP contribution in [0.15, 0.2) is 48.5 Å². The number of nitrogens with zero attached hydrogens (tertiary/aromatic N) is 1. The molecule has 1 amide bonds. The number of rotatable bonds is 5. The minimum Gasteiger partial charge on any atom is -0.497 e. The Labute approximate surface area is 148 Å². The monoisotopic (exact) mass is 340 g/mol. The Balaban J connectivity index is 1.56. The van der Waals surface area contributed by atoms with Crippen molar-refractivity contribution in [3.8, 4) is 5.75 Å². The molecule has 2 aromatic carbocycles. The summed E-state index contributed by atoms with van der Waals surface area (Å²) in [4.78, 5) is 14.7. The number of aliphatic hydroxyl groups excluding tert-OH is 1. The third-order valence-corrected chi connectivity index (χ3v) is 4.53. The fourth-order valence-electron chi connectivity index (χ4n) is 2.97. The van der Waals surface area contributed by atoms with Crippen molar-refractivity contribution in [2.45, 2.75) is 25.5 Å². The SMILES string of the molecule is COc1ccc(NC(=O)c2ccc(CN3CCC(O)CC3)cc2)cc1. The predicted octanol–water partition coefficient (Wildman–Crippen LogP) is 2.90. The van der Waals surface area contributed by atoms with Gasteiger partial charge in [0.15, 0.2) is 0 Å². The van der Waals surface area contributed by atoms with Crippen LogP contribution in [-0.4, -0.2) is 42.2 Å². The Morgan fingerprint density at radius 3 is 2.36 bits per heavy atom. The Hall–Kier alpha value is -2.37. The minimum atomic E-state index is -0.153. The molecule has 1 saturated heterocycles. The van der Waals surface area contributed by atoms with Gasteiger partial charge in [0, 0.05) is 30.9 Å². The van der Waals surface area contributed by atoms with Crippen molar-refractivity contribution < 1.29 is 14.6 Å². The number of hydrogen-bond donors (Lipinski definition) is 2. The summed E-state index contributed by atoms with van der Waals surface area (Å²) in [5, 5.41) is 12.4. The highest BCUT2D eigenvalue weighted by atomic mass is 16.5. The van der Waals surface area contributed by atoms with E-state index in [1.165, 1.54) is 5.56 Å². The fourth-order valence-corrected chi connectivity index (χ4v) is 2.97. The van der Waals surface area contributed by atoms with Crippen molar-refractivity contribution in [1.29, 1.82) is 0 Å². The summed E-state index contributed by atoms with van der Waals surface area (Å²) in [5.41, 5.74) is 2.55. The molecule has 2 aromatic rings. The van der Waals surface area contributed by atoms with E-state index in [0.29, 0.717) is 5.56 Å². The first-order valence-electron chi connectivity index (χ1n) is 8.59. The summed E-state index contributed by atoms with van der Waals surface area (Å²) < 4.78 is 5.11. The number of carbonyl (C=O) groups excluding carboxylic acids is 1. The van der Waals surface area contributed by atoms with Crippen LogP contribution in [0.25, 0.3) is 0 Å². The van der Waals surface area contributed by atoms with E-state index in [2.05, 4.69) is 10.2 Å². The van der Waals surface area contributed by atoms with Crippen molar-refractivity contribution in [3.05, 3.63) is 59.7 Å². The summed E-state index contributed by atoms with van der Waals surface area (Å²) in [6.07, 6.45) is 1.52. The molecule has 3 rings (SSSR count). The number of ether oxygens (including phenoxy) is 1. The third-order valence-electron chi connectivity index (χ3n) is 4.53. The van der Waals surface area contributed by atoms with E-state index in [-0.39, 0.29) is 12.0 Å².